The maximum absolute atomic E-state index is 13.0. The fourth-order valence-electron chi connectivity index (χ4n) is 3.75. The molecule has 2 aromatic rings. The summed E-state index contributed by atoms with van der Waals surface area (Å²) in [5.74, 6) is 2.07. The Morgan fingerprint density at radius 2 is 1.79 bits per heavy atom. The summed E-state index contributed by atoms with van der Waals surface area (Å²) in [6.45, 7) is 1.49. The Kier molecular flexibility index (Phi) is 4.26. The molecule has 0 radical (unpaired) electrons. The van der Waals surface area contributed by atoms with Crippen molar-refractivity contribution in [2.24, 2.45) is 0 Å². The van der Waals surface area contributed by atoms with Gasteiger partial charge in [0.15, 0.2) is 11.5 Å². The van der Waals surface area contributed by atoms with Gasteiger partial charge in [-0.05, 0) is 47.4 Å². The second-order valence-electron chi connectivity index (χ2n) is 6.90. The molecule has 0 unspecified atom stereocenters. The average Bonchev–Trinajstić information content (AvgIpc) is 3.35. The predicted molar refractivity (Wildman–Crippen MR) is 105 cm³/mol. The second kappa shape index (κ2) is 6.69. The largest absolute Gasteiger partial charge is 0.493 e. The number of ether oxygens (including phenoxy) is 3. The third-order valence-corrected chi connectivity index (χ3v) is 7.45. The van der Waals surface area contributed by atoms with Gasteiger partial charge in [-0.15, -0.1) is 0 Å². The van der Waals surface area contributed by atoms with E-state index in [9.17, 15) is 8.42 Å². The van der Waals surface area contributed by atoms with Crippen LogP contribution in [0.1, 0.15) is 17.5 Å². The lowest BCUT2D eigenvalue weighted by Gasteiger charge is -2.26. The Morgan fingerprint density at radius 3 is 2.57 bits per heavy atom. The highest BCUT2D eigenvalue weighted by Gasteiger charge is 2.29. The van der Waals surface area contributed by atoms with Gasteiger partial charge in [-0.25, -0.2) is 8.42 Å². The molecule has 5 rings (SSSR count). The van der Waals surface area contributed by atoms with Crippen molar-refractivity contribution >= 4 is 27.2 Å². The van der Waals surface area contributed by atoms with E-state index in [4.69, 9.17) is 25.8 Å². The van der Waals surface area contributed by atoms with Crippen LogP contribution in [-0.4, -0.2) is 39.2 Å². The highest BCUT2D eigenvalue weighted by atomic mass is 35.5. The topological polar surface area (TPSA) is 65.1 Å². The van der Waals surface area contributed by atoms with Crippen LogP contribution in [0, 0.1) is 0 Å². The Labute approximate surface area is 168 Å². The molecule has 0 atom stereocenters. The Morgan fingerprint density at radius 1 is 0.964 bits per heavy atom. The number of rotatable bonds is 3. The summed E-state index contributed by atoms with van der Waals surface area (Å²) in [5.41, 5.74) is 2.82. The molecule has 0 fully saturated rings. The van der Waals surface area contributed by atoms with Crippen molar-refractivity contribution in [1.29, 1.82) is 0 Å². The Hall–Kier alpha value is -2.22. The molecule has 146 valence electrons. The van der Waals surface area contributed by atoms with Gasteiger partial charge in [-0.2, -0.15) is 4.31 Å². The number of benzene rings is 2. The smallest absolute Gasteiger partial charge is 0.243 e. The summed E-state index contributed by atoms with van der Waals surface area (Å²) in [5, 5.41) is 0.574. The van der Waals surface area contributed by atoms with E-state index in [1.165, 1.54) is 4.31 Å². The standard InChI is InChI=1S/C20H18ClNO5S/c21-17-11-20-19(26-12-27-20)10-16(17)13-3-6-22(7-4-13)28(23,24)15-1-2-18-14(9-15)5-8-25-18/h1-3,9-11H,4-8,12H2. The lowest BCUT2D eigenvalue weighted by molar-refractivity contribution is 0.174. The van der Waals surface area contributed by atoms with Crippen LogP contribution in [0.4, 0.5) is 0 Å². The zero-order chi connectivity index (χ0) is 19.3. The number of hydrogen-bond donors (Lipinski definition) is 0. The van der Waals surface area contributed by atoms with Crippen LogP contribution in [-0.2, 0) is 16.4 Å². The first-order valence-corrected chi connectivity index (χ1v) is 10.9. The number of nitrogens with zero attached hydrogens (tertiary/aromatic N) is 1. The first-order valence-electron chi connectivity index (χ1n) is 9.07. The molecule has 0 aliphatic carbocycles. The maximum atomic E-state index is 13.0. The van der Waals surface area contributed by atoms with Crippen LogP contribution in [0.5, 0.6) is 17.2 Å². The van der Waals surface area contributed by atoms with Gasteiger partial charge < -0.3 is 14.2 Å². The number of sulfonamides is 1. The summed E-state index contributed by atoms with van der Waals surface area (Å²) in [6.07, 6.45) is 3.24. The lowest BCUT2D eigenvalue weighted by Crippen LogP contribution is -2.34. The number of fused-ring (bicyclic) bond motifs is 2. The molecular weight excluding hydrogens is 402 g/mol. The van der Waals surface area contributed by atoms with Crippen molar-refractivity contribution in [3.8, 4) is 17.2 Å². The van der Waals surface area contributed by atoms with Gasteiger partial charge in [0.05, 0.1) is 16.5 Å². The van der Waals surface area contributed by atoms with Crippen LogP contribution in [0.2, 0.25) is 5.02 Å². The molecule has 0 aromatic heterocycles. The van der Waals surface area contributed by atoms with Crippen molar-refractivity contribution in [1.82, 2.24) is 4.31 Å². The van der Waals surface area contributed by atoms with E-state index in [1.807, 2.05) is 12.1 Å². The van der Waals surface area contributed by atoms with Gasteiger partial charge in [0.1, 0.15) is 5.75 Å². The average molecular weight is 420 g/mol. The molecule has 0 amide bonds. The van der Waals surface area contributed by atoms with Gasteiger partial charge in [-0.3, -0.25) is 0 Å². The fourth-order valence-corrected chi connectivity index (χ4v) is 5.46. The first kappa shape index (κ1) is 17.8. The quantitative estimate of drug-likeness (QED) is 0.762. The summed E-state index contributed by atoms with van der Waals surface area (Å²) in [7, 11) is -3.55. The summed E-state index contributed by atoms with van der Waals surface area (Å²) in [4.78, 5) is 0.315. The van der Waals surface area contributed by atoms with Crippen LogP contribution < -0.4 is 14.2 Å². The summed E-state index contributed by atoms with van der Waals surface area (Å²) < 4.78 is 43.8. The Balaban J connectivity index is 1.40. The predicted octanol–water partition coefficient (Wildman–Crippen LogP) is 3.48. The highest BCUT2D eigenvalue weighted by Crippen LogP contribution is 2.40. The monoisotopic (exact) mass is 419 g/mol. The molecule has 0 N–H and O–H groups in total. The minimum atomic E-state index is -3.55. The molecule has 28 heavy (non-hydrogen) atoms. The molecule has 3 aliphatic heterocycles. The molecule has 0 bridgehead atoms. The van der Waals surface area contributed by atoms with E-state index in [0.29, 0.717) is 47.5 Å². The minimum absolute atomic E-state index is 0.187. The van der Waals surface area contributed by atoms with Crippen molar-refractivity contribution < 1.29 is 22.6 Å². The molecule has 3 aliphatic rings. The van der Waals surface area contributed by atoms with Gasteiger partial charge in [0.2, 0.25) is 16.8 Å². The third kappa shape index (κ3) is 2.94. The van der Waals surface area contributed by atoms with E-state index >= 15 is 0 Å². The molecule has 2 aromatic carbocycles. The molecular formula is C20H18ClNO5S. The van der Waals surface area contributed by atoms with Gasteiger partial charge in [0.25, 0.3) is 0 Å². The molecule has 6 nitrogen and oxygen atoms in total. The zero-order valence-electron chi connectivity index (χ0n) is 15.0. The van der Waals surface area contributed by atoms with Crippen LogP contribution >= 0.6 is 11.6 Å². The number of hydrogen-bond acceptors (Lipinski definition) is 5. The van der Waals surface area contributed by atoms with Crippen molar-refractivity contribution in [3.05, 3.63) is 52.6 Å². The van der Waals surface area contributed by atoms with Crippen LogP contribution in [0.3, 0.4) is 0 Å². The SMILES string of the molecule is O=S(=O)(c1ccc2c(c1)CCO2)N1CC=C(c2cc3c(cc2Cl)OCO3)CC1. The van der Waals surface area contributed by atoms with E-state index in [2.05, 4.69) is 0 Å². The zero-order valence-corrected chi connectivity index (χ0v) is 16.6. The van der Waals surface area contributed by atoms with Gasteiger partial charge in [-0.1, -0.05) is 17.7 Å². The Bertz CT molecular complexity index is 1100. The van der Waals surface area contributed by atoms with E-state index < -0.39 is 10.0 Å². The normalized spacial score (nSPS) is 18.5. The molecule has 3 heterocycles. The highest BCUT2D eigenvalue weighted by molar-refractivity contribution is 7.89. The fraction of sp³-hybridized carbons (Fsp3) is 0.300. The second-order valence-corrected chi connectivity index (χ2v) is 9.24. The van der Waals surface area contributed by atoms with E-state index in [0.717, 1.165) is 28.9 Å². The summed E-state index contributed by atoms with van der Waals surface area (Å²) in [6, 6.07) is 8.70. The summed E-state index contributed by atoms with van der Waals surface area (Å²) >= 11 is 6.40. The first-order chi connectivity index (χ1) is 13.5. The third-order valence-electron chi connectivity index (χ3n) is 5.28. The minimum Gasteiger partial charge on any atom is -0.493 e. The molecule has 0 spiro atoms. The molecule has 0 saturated carbocycles. The van der Waals surface area contributed by atoms with Crippen LogP contribution in [0.25, 0.3) is 5.57 Å². The maximum Gasteiger partial charge on any atom is 0.243 e. The van der Waals surface area contributed by atoms with E-state index in [1.54, 1.807) is 24.3 Å². The number of halogens is 1. The van der Waals surface area contributed by atoms with Crippen molar-refractivity contribution in [2.45, 2.75) is 17.7 Å². The molecule has 0 saturated heterocycles. The van der Waals surface area contributed by atoms with Crippen LogP contribution in [0.15, 0.2) is 41.3 Å². The molecule has 8 heteroatoms. The van der Waals surface area contributed by atoms with E-state index in [-0.39, 0.29) is 6.79 Å². The van der Waals surface area contributed by atoms with Gasteiger partial charge >= 0.3 is 0 Å². The lowest BCUT2D eigenvalue weighted by atomic mass is 10.00. The van der Waals surface area contributed by atoms with Gasteiger partial charge in [0, 0.05) is 25.6 Å². The van der Waals surface area contributed by atoms with Crippen molar-refractivity contribution in [3.63, 3.8) is 0 Å². The van der Waals surface area contributed by atoms with Crippen molar-refractivity contribution in [2.75, 3.05) is 26.5 Å².